The van der Waals surface area contributed by atoms with Gasteiger partial charge in [0.1, 0.15) is 17.4 Å². The Balaban J connectivity index is 3.28. The maximum Gasteiger partial charge on any atom is 0.408 e. The standard InChI is InChI=1S/C15H20FNO7/c1-14(2,3)24-13(20)17-10(9-7-6-8-23-9)15(16,11(18)21-4)12(19)22-5/h6-8,10H,1-5H3,(H,17,20)/t10-/m0/s1. The van der Waals surface area contributed by atoms with Crippen LogP contribution in [0.3, 0.4) is 0 Å². The molecule has 9 heteroatoms. The Bertz CT molecular complexity index is 575. The first kappa shape index (κ1) is 19.5. The van der Waals surface area contributed by atoms with Crippen molar-refractivity contribution in [3.63, 3.8) is 0 Å². The van der Waals surface area contributed by atoms with E-state index in [1.807, 2.05) is 0 Å². The van der Waals surface area contributed by atoms with Crippen LogP contribution in [0.1, 0.15) is 32.6 Å². The average Bonchev–Trinajstić information content (AvgIpc) is 3.02. The monoisotopic (exact) mass is 345 g/mol. The summed E-state index contributed by atoms with van der Waals surface area (Å²) >= 11 is 0. The summed E-state index contributed by atoms with van der Waals surface area (Å²) in [7, 11) is 1.79. The van der Waals surface area contributed by atoms with E-state index in [1.54, 1.807) is 20.8 Å². The molecule has 0 saturated heterocycles. The van der Waals surface area contributed by atoms with Crippen LogP contribution in [0.4, 0.5) is 9.18 Å². The van der Waals surface area contributed by atoms with Crippen LogP contribution in [-0.4, -0.2) is 43.5 Å². The van der Waals surface area contributed by atoms with Crippen molar-refractivity contribution in [2.24, 2.45) is 0 Å². The van der Waals surface area contributed by atoms with Crippen LogP contribution in [0.5, 0.6) is 0 Å². The summed E-state index contributed by atoms with van der Waals surface area (Å²) in [5.41, 5.74) is -4.24. The Kier molecular flexibility index (Phi) is 5.94. The lowest BCUT2D eigenvalue weighted by atomic mass is 9.94. The highest BCUT2D eigenvalue weighted by molar-refractivity contribution is 6.04. The predicted octanol–water partition coefficient (Wildman–Crippen LogP) is 1.90. The average molecular weight is 345 g/mol. The Morgan fingerprint density at radius 2 is 1.71 bits per heavy atom. The lowest BCUT2D eigenvalue weighted by Gasteiger charge is -2.29. The summed E-state index contributed by atoms with van der Waals surface area (Å²) in [6, 6.07) is 0.832. The maximum absolute atomic E-state index is 15.3. The second kappa shape index (κ2) is 7.33. The SMILES string of the molecule is COC(=O)C(F)(C(=O)OC)[C@@H](NC(=O)OC(C)(C)C)c1ccco1. The van der Waals surface area contributed by atoms with Gasteiger partial charge in [-0.1, -0.05) is 0 Å². The van der Waals surface area contributed by atoms with E-state index in [-0.39, 0.29) is 5.76 Å². The molecule has 0 aliphatic heterocycles. The van der Waals surface area contributed by atoms with Gasteiger partial charge in [0.25, 0.3) is 0 Å². The number of furan rings is 1. The molecule has 1 heterocycles. The summed E-state index contributed by atoms with van der Waals surface area (Å²) in [5.74, 6) is -3.29. The molecule has 134 valence electrons. The van der Waals surface area contributed by atoms with Gasteiger partial charge >= 0.3 is 23.7 Å². The van der Waals surface area contributed by atoms with Crippen LogP contribution >= 0.6 is 0 Å². The Hall–Kier alpha value is -2.58. The number of hydrogen-bond donors (Lipinski definition) is 1. The molecule has 8 nitrogen and oxygen atoms in total. The Morgan fingerprint density at radius 3 is 2.08 bits per heavy atom. The van der Waals surface area contributed by atoms with Crippen molar-refractivity contribution >= 4 is 18.0 Å². The number of rotatable bonds is 5. The number of carbonyl (C=O) groups excluding carboxylic acids is 3. The van der Waals surface area contributed by atoms with E-state index in [0.29, 0.717) is 0 Å². The first-order chi connectivity index (χ1) is 11.1. The smallest absolute Gasteiger partial charge is 0.408 e. The normalized spacial score (nSPS) is 12.9. The van der Waals surface area contributed by atoms with Gasteiger partial charge < -0.3 is 23.9 Å². The topological polar surface area (TPSA) is 104 Å². The van der Waals surface area contributed by atoms with Crippen molar-refractivity contribution in [3.8, 4) is 0 Å². The number of ether oxygens (including phenoxy) is 3. The molecule has 1 N–H and O–H groups in total. The highest BCUT2D eigenvalue weighted by Crippen LogP contribution is 2.33. The van der Waals surface area contributed by atoms with Gasteiger partial charge in [0.15, 0.2) is 0 Å². The van der Waals surface area contributed by atoms with Crippen molar-refractivity contribution in [2.45, 2.75) is 38.1 Å². The fourth-order valence-corrected chi connectivity index (χ4v) is 1.86. The van der Waals surface area contributed by atoms with E-state index in [9.17, 15) is 14.4 Å². The number of methoxy groups -OCH3 is 2. The van der Waals surface area contributed by atoms with Crippen LogP contribution in [0.15, 0.2) is 22.8 Å². The van der Waals surface area contributed by atoms with Crippen LogP contribution in [0, 0.1) is 0 Å². The second-order valence-corrected chi connectivity index (χ2v) is 5.79. The van der Waals surface area contributed by atoms with Crippen LogP contribution in [0.25, 0.3) is 0 Å². The van der Waals surface area contributed by atoms with Crippen LogP contribution in [-0.2, 0) is 23.8 Å². The largest absolute Gasteiger partial charge is 0.467 e. The van der Waals surface area contributed by atoms with Gasteiger partial charge in [-0.2, -0.15) is 0 Å². The zero-order valence-corrected chi connectivity index (χ0v) is 14.0. The molecule has 0 radical (unpaired) electrons. The van der Waals surface area contributed by atoms with Gasteiger partial charge in [-0.25, -0.2) is 18.8 Å². The third-order valence-corrected chi connectivity index (χ3v) is 2.85. The molecule has 0 bridgehead atoms. The van der Waals surface area contributed by atoms with Crippen molar-refractivity contribution in [1.29, 1.82) is 0 Å². The quantitative estimate of drug-likeness (QED) is 0.494. The minimum absolute atomic E-state index is 0.195. The third kappa shape index (κ3) is 4.24. The number of hydrogen-bond acceptors (Lipinski definition) is 7. The predicted molar refractivity (Wildman–Crippen MR) is 78.7 cm³/mol. The van der Waals surface area contributed by atoms with Gasteiger partial charge in [-0.05, 0) is 32.9 Å². The lowest BCUT2D eigenvalue weighted by molar-refractivity contribution is -0.174. The number of carbonyl (C=O) groups is 3. The molecule has 0 aromatic carbocycles. The van der Waals surface area contributed by atoms with Crippen molar-refractivity contribution in [3.05, 3.63) is 24.2 Å². The molecular weight excluding hydrogens is 325 g/mol. The number of amides is 1. The van der Waals surface area contributed by atoms with E-state index in [2.05, 4.69) is 14.8 Å². The molecule has 1 atom stereocenters. The van der Waals surface area contributed by atoms with Gasteiger partial charge in [0.05, 0.1) is 20.5 Å². The Labute approximate surface area is 138 Å². The Morgan fingerprint density at radius 1 is 1.17 bits per heavy atom. The molecule has 0 spiro atoms. The number of alkyl halides is 1. The molecule has 1 amide bonds. The molecule has 1 aromatic heterocycles. The van der Waals surface area contributed by atoms with Gasteiger partial charge in [0.2, 0.25) is 0 Å². The third-order valence-electron chi connectivity index (χ3n) is 2.85. The summed E-state index contributed by atoms with van der Waals surface area (Å²) in [4.78, 5) is 35.8. The molecular formula is C15H20FNO7. The number of alkyl carbamates (subject to hydrolysis) is 1. The fraction of sp³-hybridized carbons (Fsp3) is 0.533. The summed E-state index contributed by atoms with van der Waals surface area (Å²) in [6.07, 6.45) is 0.132. The zero-order chi connectivity index (χ0) is 18.5. The van der Waals surface area contributed by atoms with E-state index in [0.717, 1.165) is 14.2 Å². The summed E-state index contributed by atoms with van der Waals surface area (Å²) in [5, 5.41) is 2.12. The summed E-state index contributed by atoms with van der Waals surface area (Å²) < 4.78 is 34.1. The minimum Gasteiger partial charge on any atom is -0.467 e. The summed E-state index contributed by atoms with van der Waals surface area (Å²) in [6.45, 7) is 4.79. The number of esters is 2. The van der Waals surface area contributed by atoms with Crippen molar-refractivity contribution < 1.29 is 37.4 Å². The van der Waals surface area contributed by atoms with Crippen LogP contribution in [0.2, 0.25) is 0 Å². The molecule has 0 saturated carbocycles. The zero-order valence-electron chi connectivity index (χ0n) is 14.0. The fourth-order valence-electron chi connectivity index (χ4n) is 1.86. The maximum atomic E-state index is 15.3. The van der Waals surface area contributed by atoms with Gasteiger partial charge in [0, 0.05) is 0 Å². The highest BCUT2D eigenvalue weighted by Gasteiger charge is 2.58. The minimum atomic E-state index is -3.36. The van der Waals surface area contributed by atoms with Gasteiger partial charge in [-0.15, -0.1) is 0 Å². The van der Waals surface area contributed by atoms with Gasteiger partial charge in [-0.3, -0.25) is 0 Å². The van der Waals surface area contributed by atoms with E-state index >= 15 is 4.39 Å². The lowest BCUT2D eigenvalue weighted by Crippen LogP contribution is -2.55. The number of halogens is 1. The highest BCUT2D eigenvalue weighted by atomic mass is 19.1. The molecule has 1 aromatic rings. The molecule has 24 heavy (non-hydrogen) atoms. The first-order valence-corrected chi connectivity index (χ1v) is 6.95. The van der Waals surface area contributed by atoms with Crippen LogP contribution < -0.4 is 5.32 Å². The molecule has 0 fully saturated rings. The molecule has 0 aliphatic rings. The molecule has 1 rings (SSSR count). The second-order valence-electron chi connectivity index (χ2n) is 5.79. The van der Waals surface area contributed by atoms with E-state index in [1.165, 1.54) is 18.4 Å². The number of nitrogens with one attached hydrogen (secondary N) is 1. The first-order valence-electron chi connectivity index (χ1n) is 6.95. The molecule has 0 aliphatic carbocycles. The van der Waals surface area contributed by atoms with Crippen molar-refractivity contribution in [2.75, 3.05) is 14.2 Å². The van der Waals surface area contributed by atoms with E-state index < -0.39 is 35.3 Å². The van der Waals surface area contributed by atoms with Crippen molar-refractivity contribution in [1.82, 2.24) is 5.32 Å². The van der Waals surface area contributed by atoms with E-state index in [4.69, 9.17) is 9.15 Å². The molecule has 0 unspecified atom stereocenters.